The summed E-state index contributed by atoms with van der Waals surface area (Å²) in [5, 5.41) is 6.76. The van der Waals surface area contributed by atoms with Gasteiger partial charge in [-0.05, 0) is 52.1 Å². The highest BCUT2D eigenvalue weighted by Gasteiger charge is 2.41. The van der Waals surface area contributed by atoms with Crippen LogP contribution in [0.1, 0.15) is 65.2 Å². The monoisotopic (exact) mass is 252 g/mol. The van der Waals surface area contributed by atoms with Gasteiger partial charge in [0.1, 0.15) is 0 Å². The molecule has 18 heavy (non-hydrogen) atoms. The van der Waals surface area contributed by atoms with E-state index in [1.807, 2.05) is 0 Å². The van der Waals surface area contributed by atoms with Gasteiger partial charge in [0.15, 0.2) is 0 Å². The Morgan fingerprint density at radius 2 is 1.78 bits per heavy atom. The van der Waals surface area contributed by atoms with Crippen LogP contribution in [-0.4, -0.2) is 24.5 Å². The zero-order chi connectivity index (χ0) is 13.1. The number of piperidine rings is 1. The highest BCUT2D eigenvalue weighted by atomic mass is 16.2. The Hall–Kier alpha value is -0.570. The zero-order valence-electron chi connectivity index (χ0n) is 12.0. The number of hydrogen-bond donors (Lipinski definition) is 2. The molecule has 0 aromatic heterocycles. The first-order valence-corrected chi connectivity index (χ1v) is 7.64. The molecule has 0 atom stereocenters. The molecule has 1 saturated carbocycles. The first-order chi connectivity index (χ1) is 8.60. The Morgan fingerprint density at radius 1 is 1.17 bits per heavy atom. The molecule has 104 valence electrons. The van der Waals surface area contributed by atoms with E-state index >= 15 is 0 Å². The summed E-state index contributed by atoms with van der Waals surface area (Å²) in [7, 11) is 0. The normalized spacial score (nSPS) is 25.9. The fraction of sp³-hybridized carbons (Fsp3) is 0.933. The van der Waals surface area contributed by atoms with Crippen LogP contribution < -0.4 is 10.6 Å². The Labute approximate surface area is 111 Å². The average molecular weight is 252 g/mol. The minimum Gasteiger partial charge on any atom is -0.350 e. The Bertz CT molecular complexity index is 283. The number of hydrogen-bond acceptors (Lipinski definition) is 2. The summed E-state index contributed by atoms with van der Waals surface area (Å²) in [5.74, 6) is 0.329. The van der Waals surface area contributed by atoms with Crippen LogP contribution >= 0.6 is 0 Å². The molecule has 2 N–H and O–H groups in total. The number of rotatable bonds is 4. The van der Waals surface area contributed by atoms with Crippen molar-refractivity contribution in [1.29, 1.82) is 0 Å². The second-order valence-corrected chi connectivity index (χ2v) is 6.50. The maximum absolute atomic E-state index is 12.7. The van der Waals surface area contributed by atoms with Gasteiger partial charge in [-0.1, -0.05) is 26.2 Å². The van der Waals surface area contributed by atoms with E-state index in [1.165, 1.54) is 12.8 Å². The van der Waals surface area contributed by atoms with Gasteiger partial charge in [0, 0.05) is 5.54 Å². The van der Waals surface area contributed by atoms with Gasteiger partial charge >= 0.3 is 0 Å². The summed E-state index contributed by atoms with van der Waals surface area (Å²) in [6, 6.07) is 0. The molecule has 1 aliphatic heterocycles. The predicted molar refractivity (Wildman–Crippen MR) is 74.5 cm³/mol. The lowest BCUT2D eigenvalue weighted by Gasteiger charge is -2.39. The quantitative estimate of drug-likeness (QED) is 0.807. The van der Waals surface area contributed by atoms with Crippen LogP contribution in [0.5, 0.6) is 0 Å². The summed E-state index contributed by atoms with van der Waals surface area (Å²) >= 11 is 0. The predicted octanol–water partition coefficient (Wildman–Crippen LogP) is 2.61. The summed E-state index contributed by atoms with van der Waals surface area (Å²) < 4.78 is 0. The first kappa shape index (κ1) is 13.9. The fourth-order valence-electron chi connectivity index (χ4n) is 3.66. The molecule has 1 amide bonds. The molecule has 3 heteroatoms. The molecule has 2 rings (SSSR count). The molecule has 1 aliphatic carbocycles. The molecule has 0 radical (unpaired) electrons. The highest BCUT2D eigenvalue weighted by Crippen LogP contribution is 2.37. The number of nitrogens with one attached hydrogen (secondary N) is 2. The van der Waals surface area contributed by atoms with E-state index in [0.717, 1.165) is 51.6 Å². The van der Waals surface area contributed by atoms with Gasteiger partial charge in [0.2, 0.25) is 5.91 Å². The van der Waals surface area contributed by atoms with Crippen molar-refractivity contribution in [3.05, 3.63) is 0 Å². The van der Waals surface area contributed by atoms with E-state index in [2.05, 4.69) is 24.5 Å². The third kappa shape index (κ3) is 2.87. The van der Waals surface area contributed by atoms with E-state index in [4.69, 9.17) is 0 Å². The second kappa shape index (κ2) is 5.60. The van der Waals surface area contributed by atoms with Crippen molar-refractivity contribution in [1.82, 2.24) is 10.6 Å². The molecule has 3 nitrogen and oxygen atoms in total. The van der Waals surface area contributed by atoms with Crippen LogP contribution in [0, 0.1) is 5.41 Å². The summed E-state index contributed by atoms with van der Waals surface area (Å²) in [5.41, 5.74) is -0.0195. The van der Waals surface area contributed by atoms with Gasteiger partial charge < -0.3 is 10.6 Å². The van der Waals surface area contributed by atoms with E-state index in [0.29, 0.717) is 5.91 Å². The molecule has 1 saturated heterocycles. The van der Waals surface area contributed by atoms with Gasteiger partial charge in [0.25, 0.3) is 0 Å². The average Bonchev–Trinajstić information content (AvgIpc) is 2.77. The summed E-state index contributed by atoms with van der Waals surface area (Å²) in [6.45, 7) is 6.39. The maximum Gasteiger partial charge on any atom is 0.226 e. The van der Waals surface area contributed by atoms with Crippen LogP contribution in [0.25, 0.3) is 0 Å². The lowest BCUT2D eigenvalue weighted by molar-refractivity contribution is -0.135. The van der Waals surface area contributed by atoms with Gasteiger partial charge in [-0.15, -0.1) is 0 Å². The number of amides is 1. The van der Waals surface area contributed by atoms with E-state index in [9.17, 15) is 4.79 Å². The Balaban J connectivity index is 2.03. The van der Waals surface area contributed by atoms with Crippen molar-refractivity contribution in [3.8, 4) is 0 Å². The van der Waals surface area contributed by atoms with Crippen LogP contribution in [0.4, 0.5) is 0 Å². The van der Waals surface area contributed by atoms with Crippen molar-refractivity contribution in [2.24, 2.45) is 5.41 Å². The largest absolute Gasteiger partial charge is 0.350 e. The van der Waals surface area contributed by atoms with Crippen LogP contribution in [0.15, 0.2) is 0 Å². The van der Waals surface area contributed by atoms with Crippen LogP contribution in [0.2, 0.25) is 0 Å². The molecule has 2 fully saturated rings. The van der Waals surface area contributed by atoms with Gasteiger partial charge in [-0.25, -0.2) is 0 Å². The molecule has 2 aliphatic rings. The first-order valence-electron chi connectivity index (χ1n) is 7.64. The minimum absolute atomic E-state index is 0.0721. The van der Waals surface area contributed by atoms with Crippen LogP contribution in [0.3, 0.4) is 0 Å². The number of carbonyl (C=O) groups is 1. The Kier molecular flexibility index (Phi) is 4.31. The summed E-state index contributed by atoms with van der Waals surface area (Å²) in [6.07, 6.45) is 8.98. The molecule has 0 bridgehead atoms. The van der Waals surface area contributed by atoms with Crippen molar-refractivity contribution in [3.63, 3.8) is 0 Å². The smallest absolute Gasteiger partial charge is 0.226 e. The molecule has 0 unspecified atom stereocenters. The third-order valence-electron chi connectivity index (χ3n) is 4.89. The standard InChI is InChI=1S/C15H28N2O/c1-3-6-15(9-11-16-12-10-15)13(18)17-14(2)7-4-5-8-14/h16H,3-12H2,1-2H3,(H,17,18). The Morgan fingerprint density at radius 3 is 2.33 bits per heavy atom. The van der Waals surface area contributed by atoms with Crippen molar-refractivity contribution >= 4 is 5.91 Å². The molecule has 0 aromatic rings. The fourth-order valence-corrected chi connectivity index (χ4v) is 3.66. The second-order valence-electron chi connectivity index (χ2n) is 6.50. The lowest BCUT2D eigenvalue weighted by Crippen LogP contribution is -2.53. The van der Waals surface area contributed by atoms with Crippen molar-refractivity contribution in [2.75, 3.05) is 13.1 Å². The maximum atomic E-state index is 12.7. The van der Waals surface area contributed by atoms with Gasteiger partial charge in [0.05, 0.1) is 5.41 Å². The van der Waals surface area contributed by atoms with E-state index in [1.54, 1.807) is 0 Å². The topological polar surface area (TPSA) is 41.1 Å². The molecule has 0 aromatic carbocycles. The van der Waals surface area contributed by atoms with Gasteiger partial charge in [-0.3, -0.25) is 4.79 Å². The molecular weight excluding hydrogens is 224 g/mol. The van der Waals surface area contributed by atoms with Crippen LogP contribution in [-0.2, 0) is 4.79 Å². The van der Waals surface area contributed by atoms with Crippen molar-refractivity contribution < 1.29 is 4.79 Å². The lowest BCUT2D eigenvalue weighted by atomic mass is 9.74. The number of carbonyl (C=O) groups excluding carboxylic acids is 1. The molecule has 1 heterocycles. The van der Waals surface area contributed by atoms with Crippen molar-refractivity contribution in [2.45, 2.75) is 70.8 Å². The highest BCUT2D eigenvalue weighted by molar-refractivity contribution is 5.83. The molecule has 0 spiro atoms. The third-order valence-corrected chi connectivity index (χ3v) is 4.89. The molecular formula is C15H28N2O. The van der Waals surface area contributed by atoms with E-state index < -0.39 is 0 Å². The zero-order valence-corrected chi connectivity index (χ0v) is 12.0. The summed E-state index contributed by atoms with van der Waals surface area (Å²) in [4.78, 5) is 12.7. The SMILES string of the molecule is CCCC1(C(=O)NC2(C)CCCC2)CCNCC1. The minimum atomic E-state index is -0.0917. The van der Waals surface area contributed by atoms with E-state index in [-0.39, 0.29) is 11.0 Å². The van der Waals surface area contributed by atoms with Gasteiger partial charge in [-0.2, -0.15) is 0 Å².